The van der Waals surface area contributed by atoms with Crippen molar-refractivity contribution >= 4 is 17.2 Å². The van der Waals surface area contributed by atoms with Gasteiger partial charge in [-0.2, -0.15) is 0 Å². The first-order chi connectivity index (χ1) is 11.2. The minimum Gasteiger partial charge on any atom is -0.355 e. The van der Waals surface area contributed by atoms with Crippen LogP contribution in [-0.2, 0) is 17.8 Å². The van der Waals surface area contributed by atoms with Gasteiger partial charge in [0.15, 0.2) is 0 Å². The minimum atomic E-state index is 0.141. The Morgan fingerprint density at radius 2 is 2.09 bits per heavy atom. The molecular formula is C19H24N2OS. The molecule has 1 aromatic carbocycles. The lowest BCUT2D eigenvalue weighted by Gasteiger charge is -2.20. The maximum absolute atomic E-state index is 12.2. The molecule has 1 saturated carbocycles. The number of thiophene rings is 1. The van der Waals surface area contributed by atoms with Crippen LogP contribution < -0.4 is 5.32 Å². The molecule has 1 amide bonds. The fraction of sp³-hybridized carbons (Fsp3) is 0.421. The summed E-state index contributed by atoms with van der Waals surface area (Å²) in [6, 6.07) is 13.2. The zero-order valence-electron chi connectivity index (χ0n) is 13.6. The lowest BCUT2D eigenvalue weighted by atomic mass is 10.1. The lowest BCUT2D eigenvalue weighted by Crippen LogP contribution is -2.38. The zero-order valence-corrected chi connectivity index (χ0v) is 14.4. The molecule has 1 fully saturated rings. The van der Waals surface area contributed by atoms with E-state index >= 15 is 0 Å². The summed E-state index contributed by atoms with van der Waals surface area (Å²) >= 11 is 1.77. The van der Waals surface area contributed by atoms with Crippen molar-refractivity contribution in [3.63, 3.8) is 0 Å². The Kier molecular flexibility index (Phi) is 5.47. The summed E-state index contributed by atoms with van der Waals surface area (Å²) in [5.41, 5.74) is 2.60. The van der Waals surface area contributed by atoms with E-state index in [1.165, 1.54) is 28.8 Å². The largest absolute Gasteiger partial charge is 0.355 e. The molecule has 4 heteroatoms. The van der Waals surface area contributed by atoms with Crippen LogP contribution in [0.4, 0.5) is 0 Å². The number of amides is 1. The number of benzene rings is 1. The fourth-order valence-corrected chi connectivity index (χ4v) is 3.55. The van der Waals surface area contributed by atoms with Crippen molar-refractivity contribution in [3.05, 3.63) is 57.8 Å². The smallest absolute Gasteiger partial charge is 0.234 e. The van der Waals surface area contributed by atoms with Crippen molar-refractivity contribution in [2.75, 3.05) is 13.1 Å². The standard InChI is InChI=1S/C19H24N2OS/c1-15-5-2-3-6-16(15)10-11-20-19(22)14-21(17-8-9-17)13-18-7-4-12-23-18/h2-7,12,17H,8-11,13-14H2,1H3,(H,20,22). The molecular weight excluding hydrogens is 304 g/mol. The Labute approximate surface area is 142 Å². The van der Waals surface area contributed by atoms with Gasteiger partial charge >= 0.3 is 0 Å². The van der Waals surface area contributed by atoms with Gasteiger partial charge in [0.1, 0.15) is 0 Å². The Morgan fingerprint density at radius 3 is 2.78 bits per heavy atom. The normalized spacial score (nSPS) is 14.2. The molecule has 0 radical (unpaired) electrons. The summed E-state index contributed by atoms with van der Waals surface area (Å²) in [7, 11) is 0. The van der Waals surface area contributed by atoms with Crippen LogP contribution in [0.3, 0.4) is 0 Å². The average Bonchev–Trinajstić information content (AvgIpc) is 3.26. The molecule has 0 atom stereocenters. The van der Waals surface area contributed by atoms with Crippen molar-refractivity contribution in [1.82, 2.24) is 10.2 Å². The van der Waals surface area contributed by atoms with E-state index in [9.17, 15) is 4.79 Å². The van der Waals surface area contributed by atoms with E-state index in [-0.39, 0.29) is 5.91 Å². The van der Waals surface area contributed by atoms with Crippen molar-refractivity contribution in [2.45, 2.75) is 38.8 Å². The van der Waals surface area contributed by atoms with Gasteiger partial charge in [0, 0.05) is 24.0 Å². The number of hydrogen-bond donors (Lipinski definition) is 1. The SMILES string of the molecule is Cc1ccccc1CCNC(=O)CN(Cc1cccs1)C1CC1. The molecule has 23 heavy (non-hydrogen) atoms. The van der Waals surface area contributed by atoms with Crippen molar-refractivity contribution in [2.24, 2.45) is 0 Å². The highest BCUT2D eigenvalue weighted by atomic mass is 32.1. The Balaban J connectivity index is 1.45. The van der Waals surface area contributed by atoms with E-state index in [4.69, 9.17) is 0 Å². The molecule has 0 spiro atoms. The summed E-state index contributed by atoms with van der Waals surface area (Å²) in [6.07, 6.45) is 3.34. The van der Waals surface area contributed by atoms with E-state index in [0.29, 0.717) is 19.1 Å². The summed E-state index contributed by atoms with van der Waals surface area (Å²) in [6.45, 7) is 4.23. The molecule has 0 unspecified atom stereocenters. The summed E-state index contributed by atoms with van der Waals surface area (Å²) in [5.74, 6) is 0.141. The molecule has 0 saturated heterocycles. The summed E-state index contributed by atoms with van der Waals surface area (Å²) < 4.78 is 0. The van der Waals surface area contributed by atoms with E-state index in [1.807, 2.05) is 0 Å². The zero-order chi connectivity index (χ0) is 16.1. The summed E-state index contributed by atoms with van der Waals surface area (Å²) in [4.78, 5) is 15.9. The molecule has 3 rings (SSSR count). The highest BCUT2D eigenvalue weighted by Gasteiger charge is 2.30. The summed E-state index contributed by atoms with van der Waals surface area (Å²) in [5, 5.41) is 5.17. The number of nitrogens with zero attached hydrogens (tertiary/aromatic N) is 1. The molecule has 1 aromatic heterocycles. The molecule has 1 aliphatic carbocycles. The van der Waals surface area contributed by atoms with Crippen LogP contribution in [0.1, 0.15) is 28.8 Å². The van der Waals surface area contributed by atoms with E-state index < -0.39 is 0 Å². The number of carbonyl (C=O) groups is 1. The van der Waals surface area contributed by atoms with Crippen molar-refractivity contribution in [1.29, 1.82) is 0 Å². The number of hydrogen-bond acceptors (Lipinski definition) is 3. The second kappa shape index (κ2) is 7.75. The number of rotatable bonds is 8. The predicted molar refractivity (Wildman–Crippen MR) is 95.6 cm³/mol. The molecule has 0 aliphatic heterocycles. The minimum absolute atomic E-state index is 0.141. The Hall–Kier alpha value is -1.65. The van der Waals surface area contributed by atoms with Crippen LogP contribution in [0.5, 0.6) is 0 Å². The van der Waals surface area contributed by atoms with Gasteiger partial charge in [-0.1, -0.05) is 30.3 Å². The van der Waals surface area contributed by atoms with Crippen molar-refractivity contribution in [3.8, 4) is 0 Å². The van der Waals surface area contributed by atoms with Crippen LogP contribution in [0, 0.1) is 6.92 Å². The van der Waals surface area contributed by atoms with E-state index in [0.717, 1.165) is 13.0 Å². The number of nitrogens with one attached hydrogen (secondary N) is 1. The molecule has 122 valence electrons. The van der Waals surface area contributed by atoms with Crippen LogP contribution in [-0.4, -0.2) is 29.9 Å². The van der Waals surface area contributed by atoms with Crippen molar-refractivity contribution < 1.29 is 4.79 Å². The van der Waals surface area contributed by atoms with Gasteiger partial charge in [-0.15, -0.1) is 11.3 Å². The van der Waals surface area contributed by atoms with Gasteiger partial charge in [-0.05, 0) is 48.8 Å². The Morgan fingerprint density at radius 1 is 1.26 bits per heavy atom. The van der Waals surface area contributed by atoms with Gasteiger partial charge in [-0.3, -0.25) is 9.69 Å². The van der Waals surface area contributed by atoms with Gasteiger partial charge in [0.25, 0.3) is 0 Å². The molecule has 3 nitrogen and oxygen atoms in total. The topological polar surface area (TPSA) is 32.3 Å². The molecule has 1 aliphatic rings. The van der Waals surface area contributed by atoms with E-state index in [1.54, 1.807) is 11.3 Å². The number of carbonyl (C=O) groups excluding carboxylic acids is 1. The van der Waals surface area contributed by atoms with Gasteiger partial charge in [0.05, 0.1) is 6.54 Å². The third-order valence-electron chi connectivity index (χ3n) is 4.33. The van der Waals surface area contributed by atoms with Gasteiger partial charge in [0.2, 0.25) is 5.91 Å². The average molecular weight is 328 g/mol. The second-order valence-corrected chi connectivity index (χ2v) is 7.27. The molecule has 1 heterocycles. The molecule has 2 aromatic rings. The Bertz CT molecular complexity index is 635. The first-order valence-corrected chi connectivity index (χ1v) is 9.18. The predicted octanol–water partition coefficient (Wildman–Crippen LogP) is 3.38. The fourth-order valence-electron chi connectivity index (χ4n) is 2.82. The van der Waals surface area contributed by atoms with Crippen LogP contribution in [0.25, 0.3) is 0 Å². The highest BCUT2D eigenvalue weighted by molar-refractivity contribution is 7.09. The monoisotopic (exact) mass is 328 g/mol. The van der Waals surface area contributed by atoms with Gasteiger partial charge < -0.3 is 5.32 Å². The quantitative estimate of drug-likeness (QED) is 0.806. The first-order valence-electron chi connectivity index (χ1n) is 8.30. The van der Waals surface area contributed by atoms with Crippen LogP contribution in [0.15, 0.2) is 41.8 Å². The molecule has 1 N–H and O–H groups in total. The lowest BCUT2D eigenvalue weighted by molar-refractivity contribution is -0.122. The molecule has 0 bridgehead atoms. The number of aryl methyl sites for hydroxylation is 1. The second-order valence-electron chi connectivity index (χ2n) is 6.24. The van der Waals surface area contributed by atoms with Crippen LogP contribution >= 0.6 is 11.3 Å². The first kappa shape index (κ1) is 16.2. The maximum Gasteiger partial charge on any atom is 0.234 e. The van der Waals surface area contributed by atoms with Crippen LogP contribution in [0.2, 0.25) is 0 Å². The van der Waals surface area contributed by atoms with E-state index in [2.05, 4.69) is 58.9 Å². The highest BCUT2D eigenvalue weighted by Crippen LogP contribution is 2.28. The maximum atomic E-state index is 12.2. The third kappa shape index (κ3) is 4.91. The van der Waals surface area contributed by atoms with Gasteiger partial charge in [-0.25, -0.2) is 0 Å². The third-order valence-corrected chi connectivity index (χ3v) is 5.19.